The summed E-state index contributed by atoms with van der Waals surface area (Å²) < 4.78 is 39.1. The smallest absolute Gasteiger partial charge is 0.243 e. The van der Waals surface area contributed by atoms with E-state index in [1.807, 2.05) is 0 Å². The van der Waals surface area contributed by atoms with Crippen LogP contribution in [0.25, 0.3) is 0 Å². The molecule has 1 aromatic rings. The lowest BCUT2D eigenvalue weighted by Gasteiger charge is -2.25. The predicted molar refractivity (Wildman–Crippen MR) is 74.3 cm³/mol. The first kappa shape index (κ1) is 16.4. The number of nitrogens with zero attached hydrogens (tertiary/aromatic N) is 2. The van der Waals surface area contributed by atoms with E-state index >= 15 is 0 Å². The summed E-state index contributed by atoms with van der Waals surface area (Å²) in [7, 11) is -2.08. The molecular formula is C12H21N3O5S. The number of rotatable bonds is 8. The van der Waals surface area contributed by atoms with Gasteiger partial charge >= 0.3 is 0 Å². The molecule has 0 aliphatic carbocycles. The first-order valence-corrected chi connectivity index (χ1v) is 8.25. The lowest BCUT2D eigenvalue weighted by Crippen LogP contribution is -2.44. The van der Waals surface area contributed by atoms with Crippen molar-refractivity contribution >= 4 is 10.0 Å². The minimum atomic E-state index is -3.63. The zero-order valence-corrected chi connectivity index (χ0v) is 12.8. The summed E-state index contributed by atoms with van der Waals surface area (Å²) >= 11 is 0. The third-order valence-electron chi connectivity index (χ3n) is 3.55. The molecule has 120 valence electrons. The lowest BCUT2D eigenvalue weighted by atomic mass is 10.0. The Morgan fingerprint density at radius 2 is 2.43 bits per heavy atom. The highest BCUT2D eigenvalue weighted by Gasteiger charge is 2.36. The number of sulfonamides is 1. The van der Waals surface area contributed by atoms with Crippen molar-refractivity contribution in [1.82, 2.24) is 14.5 Å². The van der Waals surface area contributed by atoms with Crippen molar-refractivity contribution < 1.29 is 23.0 Å². The van der Waals surface area contributed by atoms with Crippen LogP contribution < -0.4 is 4.72 Å². The van der Waals surface area contributed by atoms with E-state index in [0.717, 1.165) is 0 Å². The Morgan fingerprint density at radius 1 is 1.62 bits per heavy atom. The number of methoxy groups -OCH3 is 1. The second-order valence-corrected chi connectivity index (χ2v) is 6.80. The molecule has 2 N–H and O–H groups in total. The first-order chi connectivity index (χ1) is 10.0. The van der Waals surface area contributed by atoms with Crippen LogP contribution in [0.2, 0.25) is 0 Å². The SMILES string of the molecule is COC1(CNS(=O)(=O)c2cnn(CCCO)c2)CCOC1. The fraction of sp³-hybridized carbons (Fsp3) is 0.750. The maximum absolute atomic E-state index is 12.2. The molecule has 21 heavy (non-hydrogen) atoms. The average molecular weight is 319 g/mol. The Morgan fingerprint density at radius 3 is 3.05 bits per heavy atom. The minimum absolute atomic E-state index is 0.0382. The van der Waals surface area contributed by atoms with Crippen LogP contribution >= 0.6 is 0 Å². The number of hydrogen-bond acceptors (Lipinski definition) is 6. The number of hydrogen-bond donors (Lipinski definition) is 2. The summed E-state index contributed by atoms with van der Waals surface area (Å²) in [6, 6.07) is 0. The van der Waals surface area contributed by atoms with Crippen molar-refractivity contribution in [1.29, 1.82) is 0 Å². The standard InChI is InChI=1S/C12H21N3O5S/c1-19-12(3-6-20-10-12)9-14-21(17,18)11-7-13-15(8-11)4-2-5-16/h7-8,14,16H,2-6,9-10H2,1H3. The van der Waals surface area contributed by atoms with Crippen LogP contribution in [-0.4, -0.2) is 62.4 Å². The molecule has 1 aliphatic heterocycles. The Balaban J connectivity index is 1.99. The monoisotopic (exact) mass is 319 g/mol. The molecule has 1 saturated heterocycles. The second kappa shape index (κ2) is 6.84. The number of aliphatic hydroxyl groups is 1. The average Bonchev–Trinajstić information content (AvgIpc) is 3.13. The first-order valence-electron chi connectivity index (χ1n) is 6.77. The number of aromatic nitrogens is 2. The van der Waals surface area contributed by atoms with Gasteiger partial charge in [-0.3, -0.25) is 4.68 Å². The number of ether oxygens (including phenoxy) is 2. The Labute approximate surface area is 124 Å². The summed E-state index contributed by atoms with van der Waals surface area (Å²) in [5.41, 5.74) is -0.597. The van der Waals surface area contributed by atoms with E-state index in [1.165, 1.54) is 17.1 Å². The second-order valence-electron chi connectivity index (χ2n) is 5.03. The highest BCUT2D eigenvalue weighted by molar-refractivity contribution is 7.89. The summed E-state index contributed by atoms with van der Waals surface area (Å²) in [4.78, 5) is 0.102. The zero-order chi connectivity index (χ0) is 15.3. The highest BCUT2D eigenvalue weighted by atomic mass is 32.2. The molecule has 1 atom stereocenters. The molecule has 0 bridgehead atoms. The van der Waals surface area contributed by atoms with Gasteiger partial charge in [-0.05, 0) is 6.42 Å². The van der Waals surface area contributed by atoms with Gasteiger partial charge in [0.1, 0.15) is 10.5 Å². The van der Waals surface area contributed by atoms with Gasteiger partial charge in [-0.15, -0.1) is 0 Å². The van der Waals surface area contributed by atoms with Gasteiger partial charge in [0.15, 0.2) is 0 Å². The molecule has 9 heteroatoms. The number of aryl methyl sites for hydroxylation is 1. The van der Waals surface area contributed by atoms with Crippen LogP contribution in [0.4, 0.5) is 0 Å². The molecule has 1 aliphatic rings. The maximum Gasteiger partial charge on any atom is 0.243 e. The van der Waals surface area contributed by atoms with Crippen LogP contribution in [0.3, 0.4) is 0 Å². The molecule has 2 rings (SSSR count). The largest absolute Gasteiger partial charge is 0.396 e. The summed E-state index contributed by atoms with van der Waals surface area (Å²) in [6.07, 6.45) is 3.92. The van der Waals surface area contributed by atoms with Crippen LogP contribution in [0.1, 0.15) is 12.8 Å². The summed E-state index contributed by atoms with van der Waals surface area (Å²) in [6.45, 7) is 1.61. The molecule has 0 spiro atoms. The normalized spacial score (nSPS) is 22.8. The van der Waals surface area contributed by atoms with E-state index in [1.54, 1.807) is 7.11 Å². The van der Waals surface area contributed by atoms with E-state index in [2.05, 4.69) is 9.82 Å². The fourth-order valence-corrected chi connectivity index (χ4v) is 3.18. The van der Waals surface area contributed by atoms with Crippen molar-refractivity contribution in [3.63, 3.8) is 0 Å². The molecule has 1 unspecified atom stereocenters. The van der Waals surface area contributed by atoms with Gasteiger partial charge in [0.05, 0.1) is 12.8 Å². The van der Waals surface area contributed by atoms with E-state index in [4.69, 9.17) is 14.6 Å². The lowest BCUT2D eigenvalue weighted by molar-refractivity contribution is -0.0120. The van der Waals surface area contributed by atoms with Crippen LogP contribution in [0, 0.1) is 0 Å². The quantitative estimate of drug-likeness (QED) is 0.660. The van der Waals surface area contributed by atoms with Crippen molar-refractivity contribution in [3.8, 4) is 0 Å². The molecule has 0 amide bonds. The van der Waals surface area contributed by atoms with Crippen molar-refractivity contribution in [2.45, 2.75) is 29.9 Å². The third kappa shape index (κ3) is 4.01. The molecule has 0 radical (unpaired) electrons. The maximum atomic E-state index is 12.2. The van der Waals surface area contributed by atoms with E-state index in [9.17, 15) is 8.42 Å². The van der Waals surface area contributed by atoms with Gasteiger partial charge in [-0.25, -0.2) is 13.1 Å². The predicted octanol–water partition coefficient (Wildman–Crippen LogP) is -0.651. The Hall–Kier alpha value is -1.00. The fourth-order valence-electron chi connectivity index (χ4n) is 2.11. The van der Waals surface area contributed by atoms with Gasteiger partial charge in [0.25, 0.3) is 0 Å². The van der Waals surface area contributed by atoms with E-state index in [0.29, 0.717) is 32.6 Å². The van der Waals surface area contributed by atoms with Crippen LogP contribution in [-0.2, 0) is 26.0 Å². The molecular weight excluding hydrogens is 298 g/mol. The van der Waals surface area contributed by atoms with E-state index < -0.39 is 15.6 Å². The molecule has 1 aromatic heterocycles. The van der Waals surface area contributed by atoms with E-state index in [-0.39, 0.29) is 18.0 Å². The van der Waals surface area contributed by atoms with Crippen LogP contribution in [0.15, 0.2) is 17.3 Å². The molecule has 0 aromatic carbocycles. The minimum Gasteiger partial charge on any atom is -0.396 e. The van der Waals surface area contributed by atoms with Crippen molar-refractivity contribution in [2.75, 3.05) is 33.5 Å². The van der Waals surface area contributed by atoms with Gasteiger partial charge in [0.2, 0.25) is 10.0 Å². The highest BCUT2D eigenvalue weighted by Crippen LogP contribution is 2.22. The topological polar surface area (TPSA) is 103 Å². The van der Waals surface area contributed by atoms with Crippen molar-refractivity contribution in [3.05, 3.63) is 12.4 Å². The van der Waals surface area contributed by atoms with Crippen LogP contribution in [0.5, 0.6) is 0 Å². The Bertz CT molecular complexity index is 551. The van der Waals surface area contributed by atoms with Gasteiger partial charge in [-0.1, -0.05) is 0 Å². The summed E-state index contributed by atoms with van der Waals surface area (Å²) in [5.74, 6) is 0. The van der Waals surface area contributed by atoms with Gasteiger partial charge in [0, 0.05) is 46.0 Å². The molecule has 1 fully saturated rings. The number of nitrogens with one attached hydrogen (secondary N) is 1. The van der Waals surface area contributed by atoms with Gasteiger partial charge in [-0.2, -0.15) is 5.10 Å². The summed E-state index contributed by atoms with van der Waals surface area (Å²) in [5, 5.41) is 12.7. The zero-order valence-electron chi connectivity index (χ0n) is 12.0. The van der Waals surface area contributed by atoms with Crippen molar-refractivity contribution in [2.24, 2.45) is 0 Å². The van der Waals surface area contributed by atoms with Gasteiger partial charge < -0.3 is 14.6 Å². The number of aliphatic hydroxyl groups excluding tert-OH is 1. The molecule has 0 saturated carbocycles. The third-order valence-corrected chi connectivity index (χ3v) is 4.91. The molecule has 8 nitrogen and oxygen atoms in total. The molecule has 2 heterocycles. The Kier molecular flexibility index (Phi) is 5.33.